The van der Waals surface area contributed by atoms with Crippen LogP contribution in [0.25, 0.3) is 10.1 Å². The molecule has 146 valence electrons. The predicted octanol–water partition coefficient (Wildman–Crippen LogP) is 7.74. The first-order chi connectivity index (χ1) is 14.1. The van der Waals surface area contributed by atoms with Crippen LogP contribution in [0.5, 0.6) is 0 Å². The fourth-order valence-corrected chi connectivity index (χ4v) is 6.26. The summed E-state index contributed by atoms with van der Waals surface area (Å²) in [4.78, 5) is 4.02. The summed E-state index contributed by atoms with van der Waals surface area (Å²) < 4.78 is 1.31. The van der Waals surface area contributed by atoms with Crippen molar-refractivity contribution in [2.75, 3.05) is 0 Å². The molecule has 0 spiro atoms. The van der Waals surface area contributed by atoms with Gasteiger partial charge in [0.05, 0.1) is 0 Å². The molecule has 0 bridgehead atoms. The summed E-state index contributed by atoms with van der Waals surface area (Å²) in [5.74, 6) is 0.332. The van der Waals surface area contributed by atoms with Crippen LogP contribution < -0.4 is 0 Å². The molecule has 1 aliphatic heterocycles. The molecule has 2 unspecified atom stereocenters. The second kappa shape index (κ2) is 7.77. The van der Waals surface area contributed by atoms with E-state index in [2.05, 4.69) is 66.4 Å². The molecule has 5 rings (SSSR count). The van der Waals surface area contributed by atoms with Crippen LogP contribution in [0.15, 0.2) is 72.8 Å². The molecule has 3 aromatic carbocycles. The van der Waals surface area contributed by atoms with Crippen molar-refractivity contribution in [2.45, 2.75) is 32.0 Å². The van der Waals surface area contributed by atoms with Crippen molar-refractivity contribution >= 4 is 44.6 Å². The Bertz CT molecular complexity index is 1170. The van der Waals surface area contributed by atoms with E-state index < -0.39 is 0 Å². The van der Waals surface area contributed by atoms with Crippen LogP contribution in [-0.4, -0.2) is 10.9 Å². The third-order valence-corrected chi connectivity index (χ3v) is 7.88. The number of benzene rings is 3. The zero-order valence-electron chi connectivity index (χ0n) is 16.1. The van der Waals surface area contributed by atoms with E-state index in [4.69, 9.17) is 23.2 Å². The Morgan fingerprint density at radius 1 is 0.966 bits per heavy atom. The van der Waals surface area contributed by atoms with E-state index in [-0.39, 0.29) is 0 Å². The van der Waals surface area contributed by atoms with Crippen LogP contribution in [0.4, 0.5) is 0 Å². The molecule has 4 aromatic rings. The van der Waals surface area contributed by atoms with Gasteiger partial charge in [-0.3, -0.25) is 4.90 Å². The van der Waals surface area contributed by atoms with Gasteiger partial charge in [0.2, 0.25) is 0 Å². The highest BCUT2D eigenvalue weighted by atomic mass is 35.5. The lowest BCUT2D eigenvalue weighted by Crippen LogP contribution is -2.40. The number of fused-ring (bicyclic) bond motifs is 3. The normalized spacial score (nSPS) is 19.4. The van der Waals surface area contributed by atoms with E-state index in [0.717, 1.165) is 23.1 Å². The van der Waals surface area contributed by atoms with Crippen molar-refractivity contribution in [2.24, 2.45) is 0 Å². The smallest absolute Gasteiger partial charge is 0.0451 e. The highest BCUT2D eigenvalue weighted by molar-refractivity contribution is 7.19. The molecule has 0 saturated carbocycles. The minimum atomic E-state index is 0.332. The van der Waals surface area contributed by atoms with Crippen LogP contribution in [0.2, 0.25) is 10.0 Å². The number of nitrogens with zero attached hydrogens (tertiary/aromatic N) is 1. The molecule has 4 heteroatoms. The van der Waals surface area contributed by atoms with Gasteiger partial charge in [0, 0.05) is 44.7 Å². The molecule has 1 aliphatic rings. The van der Waals surface area contributed by atoms with E-state index in [1.807, 2.05) is 29.5 Å². The molecule has 0 N–H and O–H groups in total. The fraction of sp³-hybridized carbons (Fsp3) is 0.200. The van der Waals surface area contributed by atoms with Gasteiger partial charge in [-0.15, -0.1) is 11.3 Å². The summed E-state index contributed by atoms with van der Waals surface area (Å²) in [6.07, 6.45) is 0. The molecule has 2 heterocycles. The SMILES string of the molecule is CC1C(c2ccccc2)c2sc3ccc(Cl)cc3c2CN1Cc1ccccc1Cl. The van der Waals surface area contributed by atoms with Crippen LogP contribution in [0.1, 0.15) is 34.4 Å². The van der Waals surface area contributed by atoms with Crippen LogP contribution in [0.3, 0.4) is 0 Å². The third kappa shape index (κ3) is 3.49. The average Bonchev–Trinajstić information content (AvgIpc) is 3.08. The lowest BCUT2D eigenvalue weighted by atomic mass is 9.84. The van der Waals surface area contributed by atoms with Crippen molar-refractivity contribution in [1.29, 1.82) is 0 Å². The second-order valence-corrected chi connectivity index (χ2v) is 9.64. The van der Waals surface area contributed by atoms with E-state index in [1.165, 1.54) is 31.7 Å². The first kappa shape index (κ1) is 19.1. The zero-order chi connectivity index (χ0) is 20.0. The molecule has 0 aliphatic carbocycles. The third-order valence-electron chi connectivity index (χ3n) is 5.98. The maximum Gasteiger partial charge on any atom is 0.0451 e. The van der Waals surface area contributed by atoms with Crippen molar-refractivity contribution in [3.8, 4) is 0 Å². The first-order valence-electron chi connectivity index (χ1n) is 9.85. The molecule has 0 saturated heterocycles. The molecular formula is C25H21Cl2NS. The highest BCUT2D eigenvalue weighted by Crippen LogP contribution is 2.46. The van der Waals surface area contributed by atoms with Crippen molar-refractivity contribution in [3.63, 3.8) is 0 Å². The van der Waals surface area contributed by atoms with Gasteiger partial charge in [-0.1, -0.05) is 71.7 Å². The Morgan fingerprint density at radius 3 is 2.52 bits per heavy atom. The van der Waals surface area contributed by atoms with Crippen molar-refractivity contribution in [1.82, 2.24) is 4.90 Å². The summed E-state index contributed by atoms with van der Waals surface area (Å²) in [6, 6.07) is 25.7. The van der Waals surface area contributed by atoms with Gasteiger partial charge in [-0.05, 0) is 53.3 Å². The summed E-state index contributed by atoms with van der Waals surface area (Å²) in [7, 11) is 0. The molecule has 2 atom stereocenters. The lowest BCUT2D eigenvalue weighted by Gasteiger charge is -2.40. The monoisotopic (exact) mass is 437 g/mol. The average molecular weight is 438 g/mol. The Balaban J connectivity index is 1.65. The molecule has 1 aromatic heterocycles. The topological polar surface area (TPSA) is 3.24 Å². The van der Waals surface area contributed by atoms with Gasteiger partial charge in [0.15, 0.2) is 0 Å². The second-order valence-electron chi connectivity index (χ2n) is 7.71. The van der Waals surface area contributed by atoms with Gasteiger partial charge in [0.1, 0.15) is 0 Å². The van der Waals surface area contributed by atoms with E-state index in [9.17, 15) is 0 Å². The zero-order valence-corrected chi connectivity index (χ0v) is 18.4. The summed E-state index contributed by atoms with van der Waals surface area (Å²) in [5, 5.41) is 2.92. The van der Waals surface area contributed by atoms with Crippen molar-refractivity contribution in [3.05, 3.63) is 104 Å². The fourth-order valence-electron chi connectivity index (χ4n) is 4.47. The van der Waals surface area contributed by atoms with Crippen LogP contribution in [-0.2, 0) is 13.1 Å². The van der Waals surface area contributed by atoms with Gasteiger partial charge < -0.3 is 0 Å². The number of thiophene rings is 1. The Labute approximate surface area is 185 Å². The highest BCUT2D eigenvalue weighted by Gasteiger charge is 2.36. The summed E-state index contributed by atoms with van der Waals surface area (Å²) >= 11 is 14.8. The molecular weight excluding hydrogens is 417 g/mol. The van der Waals surface area contributed by atoms with Gasteiger partial charge in [-0.25, -0.2) is 0 Å². The lowest BCUT2D eigenvalue weighted by molar-refractivity contribution is 0.163. The quantitative estimate of drug-likeness (QED) is 0.316. The van der Waals surface area contributed by atoms with Crippen LogP contribution in [0, 0.1) is 0 Å². The Kier molecular flexibility index (Phi) is 5.13. The van der Waals surface area contributed by atoms with Crippen LogP contribution >= 0.6 is 34.5 Å². The molecule has 0 amide bonds. The predicted molar refractivity (Wildman–Crippen MR) is 125 cm³/mol. The van der Waals surface area contributed by atoms with Gasteiger partial charge >= 0.3 is 0 Å². The van der Waals surface area contributed by atoms with Crippen molar-refractivity contribution < 1.29 is 0 Å². The van der Waals surface area contributed by atoms with Gasteiger partial charge in [-0.2, -0.15) is 0 Å². The maximum atomic E-state index is 6.50. The minimum Gasteiger partial charge on any atom is -0.291 e. The summed E-state index contributed by atoms with van der Waals surface area (Å²) in [5.41, 5.74) is 3.95. The minimum absolute atomic E-state index is 0.332. The molecule has 1 nitrogen and oxygen atoms in total. The maximum absolute atomic E-state index is 6.50. The largest absolute Gasteiger partial charge is 0.291 e. The Morgan fingerprint density at radius 2 is 1.72 bits per heavy atom. The number of rotatable bonds is 3. The Hall–Kier alpha value is -1.84. The summed E-state index contributed by atoms with van der Waals surface area (Å²) in [6.45, 7) is 4.09. The number of hydrogen-bond acceptors (Lipinski definition) is 2. The number of hydrogen-bond donors (Lipinski definition) is 0. The van der Waals surface area contributed by atoms with Gasteiger partial charge in [0.25, 0.3) is 0 Å². The standard InChI is InChI=1S/C25H21Cl2NS/c1-16-24(17-7-3-2-4-8-17)25-21(20-13-19(26)11-12-23(20)29-25)15-28(16)14-18-9-5-6-10-22(18)27/h2-13,16,24H,14-15H2,1H3. The molecule has 0 radical (unpaired) electrons. The molecule has 0 fully saturated rings. The molecule has 29 heavy (non-hydrogen) atoms. The van der Waals surface area contributed by atoms with E-state index in [0.29, 0.717) is 12.0 Å². The van der Waals surface area contributed by atoms with E-state index in [1.54, 1.807) is 0 Å². The number of halogens is 2. The van der Waals surface area contributed by atoms with E-state index >= 15 is 0 Å². The first-order valence-corrected chi connectivity index (χ1v) is 11.4.